The molecule has 2 heterocycles. The molecular formula is C39H28N2S. The van der Waals surface area contributed by atoms with Crippen molar-refractivity contribution in [2.75, 3.05) is 4.90 Å². The minimum Gasteiger partial charge on any atom is -0.386 e. The van der Waals surface area contributed by atoms with Crippen LogP contribution in [0.4, 0.5) is 17.1 Å². The molecule has 0 bridgehead atoms. The molecule has 2 nitrogen and oxygen atoms in total. The van der Waals surface area contributed by atoms with Crippen molar-refractivity contribution in [1.82, 2.24) is 5.32 Å². The summed E-state index contributed by atoms with van der Waals surface area (Å²) in [6, 6.07) is 50.5. The Balaban J connectivity index is 1.26. The van der Waals surface area contributed by atoms with Crippen LogP contribution in [0.3, 0.4) is 0 Å². The highest BCUT2D eigenvalue weighted by Crippen LogP contribution is 2.45. The van der Waals surface area contributed by atoms with Gasteiger partial charge in [0.1, 0.15) is 0 Å². The lowest BCUT2D eigenvalue weighted by Crippen LogP contribution is -2.11. The fourth-order valence-corrected chi connectivity index (χ4v) is 7.19. The van der Waals surface area contributed by atoms with E-state index in [1.807, 2.05) is 11.3 Å². The van der Waals surface area contributed by atoms with E-state index >= 15 is 0 Å². The third kappa shape index (κ3) is 4.36. The Labute approximate surface area is 249 Å². The molecule has 1 aliphatic heterocycles. The molecule has 42 heavy (non-hydrogen) atoms. The van der Waals surface area contributed by atoms with Gasteiger partial charge in [-0.2, -0.15) is 0 Å². The number of benzene rings is 6. The molecule has 7 aromatic rings. The Kier molecular flexibility index (Phi) is 6.09. The van der Waals surface area contributed by atoms with E-state index in [2.05, 4.69) is 162 Å². The lowest BCUT2D eigenvalue weighted by atomic mass is 10.00. The minimum atomic E-state index is 0.872. The zero-order valence-electron chi connectivity index (χ0n) is 23.0. The molecule has 0 spiro atoms. The van der Waals surface area contributed by atoms with Crippen LogP contribution in [0.15, 0.2) is 146 Å². The van der Waals surface area contributed by atoms with Gasteiger partial charge in [-0.05, 0) is 87.8 Å². The zero-order chi connectivity index (χ0) is 27.9. The van der Waals surface area contributed by atoms with Gasteiger partial charge in [0.15, 0.2) is 0 Å². The molecular weight excluding hydrogens is 529 g/mol. The van der Waals surface area contributed by atoms with E-state index in [4.69, 9.17) is 0 Å². The maximum absolute atomic E-state index is 3.38. The second-order valence-corrected chi connectivity index (χ2v) is 11.8. The summed E-state index contributed by atoms with van der Waals surface area (Å²) in [7, 11) is 0. The van der Waals surface area contributed by atoms with Crippen molar-refractivity contribution in [3.05, 3.63) is 156 Å². The Morgan fingerprint density at radius 3 is 1.95 bits per heavy atom. The van der Waals surface area contributed by atoms with Crippen LogP contribution >= 0.6 is 11.3 Å². The van der Waals surface area contributed by atoms with Gasteiger partial charge in [-0.25, -0.2) is 0 Å². The van der Waals surface area contributed by atoms with Crippen LogP contribution in [0.1, 0.15) is 10.4 Å². The van der Waals surface area contributed by atoms with Gasteiger partial charge in [0.25, 0.3) is 0 Å². The fourth-order valence-electron chi connectivity index (χ4n) is 6.02. The molecule has 0 aliphatic carbocycles. The molecule has 0 atom stereocenters. The molecule has 200 valence electrons. The van der Waals surface area contributed by atoms with Gasteiger partial charge in [-0.15, -0.1) is 11.3 Å². The summed E-state index contributed by atoms with van der Waals surface area (Å²) in [5.74, 6) is 0. The topological polar surface area (TPSA) is 15.3 Å². The van der Waals surface area contributed by atoms with E-state index in [9.17, 15) is 0 Å². The van der Waals surface area contributed by atoms with Crippen LogP contribution in [0, 0.1) is 0 Å². The first-order chi connectivity index (χ1) is 20.8. The second-order valence-electron chi connectivity index (χ2n) is 10.7. The molecule has 3 heteroatoms. The van der Waals surface area contributed by atoms with E-state index in [0.29, 0.717) is 0 Å². The number of fused-ring (bicyclic) bond motifs is 4. The normalized spacial score (nSPS) is 12.3. The highest BCUT2D eigenvalue weighted by atomic mass is 32.1. The van der Waals surface area contributed by atoms with Gasteiger partial charge in [0.05, 0.1) is 5.69 Å². The van der Waals surface area contributed by atoms with Gasteiger partial charge in [-0.1, -0.05) is 97.1 Å². The quantitative estimate of drug-likeness (QED) is 0.227. The standard InChI is InChI=1S/C39H28N2S/c1-2-7-27(8-3-1)29-15-19-33(20-16-29)41(36-11-6-12-37-39(36)35-23-24-40-26-38(35)42-37)34-21-17-30(18-22-34)32-14-13-28-9-4-5-10-31(28)25-32/h1-25,40H,26H2. The van der Waals surface area contributed by atoms with E-state index < -0.39 is 0 Å². The second kappa shape index (κ2) is 10.4. The number of thiophene rings is 1. The SMILES string of the molecule is C1=Cc2c(sc3cccc(N(c4ccc(-c5ccccc5)cc4)c4ccc(-c5ccc6ccccc6c5)cc4)c23)CN1. The lowest BCUT2D eigenvalue weighted by Gasteiger charge is -2.27. The Bertz CT molecular complexity index is 2070. The largest absolute Gasteiger partial charge is 0.386 e. The molecule has 0 radical (unpaired) electrons. The van der Waals surface area contributed by atoms with E-state index in [-0.39, 0.29) is 0 Å². The van der Waals surface area contributed by atoms with Crippen molar-refractivity contribution in [1.29, 1.82) is 0 Å². The van der Waals surface area contributed by atoms with Crippen LogP contribution < -0.4 is 10.2 Å². The van der Waals surface area contributed by atoms with Gasteiger partial charge in [-0.3, -0.25) is 0 Å². The first-order valence-electron chi connectivity index (χ1n) is 14.3. The highest BCUT2D eigenvalue weighted by molar-refractivity contribution is 7.19. The van der Waals surface area contributed by atoms with Crippen LogP contribution in [-0.4, -0.2) is 0 Å². The molecule has 1 aromatic heterocycles. The molecule has 1 N–H and O–H groups in total. The van der Waals surface area contributed by atoms with Crippen molar-refractivity contribution in [3.8, 4) is 22.3 Å². The number of hydrogen-bond acceptors (Lipinski definition) is 3. The first kappa shape index (κ1) is 24.7. The van der Waals surface area contributed by atoms with Crippen molar-refractivity contribution in [3.63, 3.8) is 0 Å². The Morgan fingerprint density at radius 2 is 1.19 bits per heavy atom. The summed E-state index contributed by atoms with van der Waals surface area (Å²) < 4.78 is 1.31. The van der Waals surface area contributed by atoms with Crippen molar-refractivity contribution >= 4 is 55.3 Å². The molecule has 1 aliphatic rings. The monoisotopic (exact) mass is 556 g/mol. The Hall–Kier alpha value is -5.12. The number of nitrogens with zero attached hydrogens (tertiary/aromatic N) is 1. The first-order valence-corrected chi connectivity index (χ1v) is 15.1. The number of rotatable bonds is 5. The summed E-state index contributed by atoms with van der Waals surface area (Å²) in [6.07, 6.45) is 4.29. The van der Waals surface area contributed by atoms with Crippen LogP contribution in [0.5, 0.6) is 0 Å². The van der Waals surface area contributed by atoms with Gasteiger partial charge in [0.2, 0.25) is 0 Å². The van der Waals surface area contributed by atoms with Crippen LogP contribution in [0.25, 0.3) is 49.2 Å². The van der Waals surface area contributed by atoms with Crippen LogP contribution in [0.2, 0.25) is 0 Å². The third-order valence-electron chi connectivity index (χ3n) is 8.12. The third-order valence-corrected chi connectivity index (χ3v) is 9.29. The summed E-state index contributed by atoms with van der Waals surface area (Å²) in [6.45, 7) is 0.872. The average Bonchev–Trinajstić information content (AvgIpc) is 3.45. The number of nitrogens with one attached hydrogen (secondary N) is 1. The molecule has 0 fully saturated rings. The molecule has 0 amide bonds. The fraction of sp³-hybridized carbons (Fsp3) is 0.0256. The molecule has 6 aromatic carbocycles. The zero-order valence-corrected chi connectivity index (χ0v) is 23.8. The highest BCUT2D eigenvalue weighted by Gasteiger charge is 2.21. The van der Waals surface area contributed by atoms with E-state index in [1.165, 1.54) is 59.2 Å². The van der Waals surface area contributed by atoms with Gasteiger partial charge in [0, 0.05) is 38.4 Å². The predicted octanol–water partition coefficient (Wildman–Crippen LogP) is 10.9. The number of hydrogen-bond donors (Lipinski definition) is 1. The smallest absolute Gasteiger partial charge is 0.0554 e. The maximum Gasteiger partial charge on any atom is 0.0554 e. The lowest BCUT2D eigenvalue weighted by molar-refractivity contribution is 0.878. The Morgan fingerprint density at radius 1 is 0.548 bits per heavy atom. The van der Waals surface area contributed by atoms with Gasteiger partial charge >= 0.3 is 0 Å². The van der Waals surface area contributed by atoms with E-state index in [0.717, 1.165) is 17.9 Å². The average molecular weight is 557 g/mol. The summed E-state index contributed by atoms with van der Waals surface area (Å²) in [4.78, 5) is 3.79. The maximum atomic E-state index is 3.38. The minimum absolute atomic E-state index is 0.872. The van der Waals surface area contributed by atoms with Crippen molar-refractivity contribution in [2.45, 2.75) is 6.54 Å². The summed E-state index contributed by atoms with van der Waals surface area (Å²) in [5.41, 5.74) is 9.67. The van der Waals surface area contributed by atoms with Gasteiger partial charge < -0.3 is 10.2 Å². The molecule has 0 saturated carbocycles. The molecule has 0 unspecified atom stereocenters. The predicted molar refractivity (Wildman–Crippen MR) is 181 cm³/mol. The number of anilines is 3. The summed E-state index contributed by atoms with van der Waals surface area (Å²) >= 11 is 1.88. The van der Waals surface area contributed by atoms with Crippen LogP contribution in [-0.2, 0) is 6.54 Å². The van der Waals surface area contributed by atoms with Crippen molar-refractivity contribution < 1.29 is 0 Å². The molecule has 8 rings (SSSR count). The summed E-state index contributed by atoms with van der Waals surface area (Å²) in [5, 5.41) is 7.21. The van der Waals surface area contributed by atoms with Crippen molar-refractivity contribution in [2.24, 2.45) is 0 Å². The molecule has 0 saturated heterocycles. The van der Waals surface area contributed by atoms with E-state index in [1.54, 1.807) is 0 Å².